The predicted octanol–water partition coefficient (Wildman–Crippen LogP) is 1.65. The fourth-order valence-electron chi connectivity index (χ4n) is 1.22. The van der Waals surface area contributed by atoms with E-state index in [1.54, 1.807) is 0 Å². The number of urea groups is 1. The second-order valence-electron chi connectivity index (χ2n) is 4.10. The number of aromatic carboxylic acids is 1. The molecule has 3 N–H and O–H groups in total. The second-order valence-corrected chi connectivity index (χ2v) is 5.04. The number of carboxylic acids is 1. The van der Waals surface area contributed by atoms with Crippen LogP contribution in [0.25, 0.3) is 0 Å². The van der Waals surface area contributed by atoms with E-state index in [9.17, 15) is 9.59 Å². The van der Waals surface area contributed by atoms with Crippen LogP contribution in [0.5, 0.6) is 0 Å². The standard InChI is InChI=1S/C12H17N3O3S/c1-8(2)3-5-13-12(18)14-6-4-10-15-9(7-19-10)11(16)17/h3,7H,4-6H2,1-2H3,(H,16,17)(H2,13,14,18). The average Bonchev–Trinajstić information content (AvgIpc) is 2.77. The fraction of sp³-hybridized carbons (Fsp3) is 0.417. The van der Waals surface area contributed by atoms with Crippen molar-refractivity contribution in [1.82, 2.24) is 15.6 Å². The molecular weight excluding hydrogens is 266 g/mol. The number of carbonyl (C=O) groups excluding carboxylic acids is 1. The third-order valence-electron chi connectivity index (χ3n) is 2.17. The molecule has 0 aromatic carbocycles. The Labute approximate surface area is 115 Å². The number of amides is 2. The first-order valence-corrected chi connectivity index (χ1v) is 6.69. The first kappa shape index (κ1) is 15.2. The molecule has 104 valence electrons. The van der Waals surface area contributed by atoms with Crippen molar-refractivity contribution >= 4 is 23.3 Å². The zero-order valence-corrected chi connectivity index (χ0v) is 11.7. The minimum atomic E-state index is -1.03. The van der Waals surface area contributed by atoms with Crippen LogP contribution in [0.1, 0.15) is 29.3 Å². The van der Waals surface area contributed by atoms with Crippen molar-refractivity contribution in [2.75, 3.05) is 13.1 Å². The number of nitrogens with one attached hydrogen (secondary N) is 2. The number of allylic oxidation sites excluding steroid dienone is 1. The average molecular weight is 283 g/mol. The van der Waals surface area contributed by atoms with E-state index < -0.39 is 5.97 Å². The van der Waals surface area contributed by atoms with Crippen LogP contribution in [0, 0.1) is 0 Å². The maximum absolute atomic E-state index is 11.4. The molecule has 0 atom stereocenters. The van der Waals surface area contributed by atoms with E-state index in [0.29, 0.717) is 24.5 Å². The lowest BCUT2D eigenvalue weighted by molar-refractivity contribution is 0.0691. The molecule has 0 bridgehead atoms. The number of hydrogen-bond donors (Lipinski definition) is 3. The van der Waals surface area contributed by atoms with Gasteiger partial charge in [0.25, 0.3) is 0 Å². The summed E-state index contributed by atoms with van der Waals surface area (Å²) in [7, 11) is 0. The summed E-state index contributed by atoms with van der Waals surface area (Å²) >= 11 is 1.28. The zero-order chi connectivity index (χ0) is 14.3. The van der Waals surface area contributed by atoms with Gasteiger partial charge in [-0.1, -0.05) is 11.6 Å². The molecule has 0 spiro atoms. The quantitative estimate of drug-likeness (QED) is 0.692. The van der Waals surface area contributed by atoms with Crippen LogP contribution in [0.15, 0.2) is 17.0 Å². The number of aromatic nitrogens is 1. The Hall–Kier alpha value is -1.89. The van der Waals surface area contributed by atoms with Gasteiger partial charge in [0.15, 0.2) is 5.69 Å². The highest BCUT2D eigenvalue weighted by molar-refractivity contribution is 7.09. The van der Waals surface area contributed by atoms with Crippen LogP contribution in [0.2, 0.25) is 0 Å². The Bertz CT molecular complexity index is 478. The molecule has 1 heterocycles. The Morgan fingerprint density at radius 1 is 1.42 bits per heavy atom. The summed E-state index contributed by atoms with van der Waals surface area (Å²) in [6.45, 7) is 4.84. The highest BCUT2D eigenvalue weighted by Gasteiger charge is 2.08. The van der Waals surface area contributed by atoms with Gasteiger partial charge in [0, 0.05) is 24.9 Å². The summed E-state index contributed by atoms with van der Waals surface area (Å²) in [4.78, 5) is 25.9. The molecule has 0 saturated heterocycles. The van der Waals surface area contributed by atoms with Crippen LogP contribution in [-0.4, -0.2) is 35.2 Å². The number of hydrogen-bond acceptors (Lipinski definition) is 4. The summed E-state index contributed by atoms with van der Waals surface area (Å²) in [5.74, 6) is -1.03. The largest absolute Gasteiger partial charge is 0.476 e. The van der Waals surface area contributed by atoms with E-state index in [-0.39, 0.29) is 11.7 Å². The van der Waals surface area contributed by atoms with E-state index in [1.165, 1.54) is 16.7 Å². The van der Waals surface area contributed by atoms with Gasteiger partial charge < -0.3 is 15.7 Å². The SMILES string of the molecule is CC(C)=CCNC(=O)NCCc1nc(C(=O)O)cs1. The molecule has 0 saturated carbocycles. The van der Waals surface area contributed by atoms with Crippen LogP contribution >= 0.6 is 11.3 Å². The fourth-order valence-corrected chi connectivity index (χ4v) is 1.99. The lowest BCUT2D eigenvalue weighted by atomic mass is 10.3. The number of thiazole rings is 1. The van der Waals surface area contributed by atoms with Crippen molar-refractivity contribution in [3.05, 3.63) is 27.7 Å². The van der Waals surface area contributed by atoms with Gasteiger partial charge in [-0.25, -0.2) is 14.6 Å². The lowest BCUT2D eigenvalue weighted by Gasteiger charge is -2.04. The number of rotatable bonds is 6. The minimum absolute atomic E-state index is 0.0491. The Morgan fingerprint density at radius 2 is 2.16 bits per heavy atom. The van der Waals surface area contributed by atoms with Crippen molar-refractivity contribution < 1.29 is 14.7 Å². The molecule has 0 aliphatic heterocycles. The first-order chi connectivity index (χ1) is 8.99. The van der Waals surface area contributed by atoms with E-state index >= 15 is 0 Å². The number of carbonyl (C=O) groups is 2. The molecule has 7 heteroatoms. The molecule has 0 fully saturated rings. The van der Waals surface area contributed by atoms with Crippen LogP contribution in [0.4, 0.5) is 4.79 Å². The third kappa shape index (κ3) is 6.01. The molecule has 19 heavy (non-hydrogen) atoms. The second kappa shape index (κ2) is 7.52. The predicted molar refractivity (Wildman–Crippen MR) is 73.6 cm³/mol. The summed E-state index contributed by atoms with van der Waals surface area (Å²) in [5.41, 5.74) is 1.19. The summed E-state index contributed by atoms with van der Waals surface area (Å²) < 4.78 is 0. The molecule has 0 aliphatic carbocycles. The molecule has 0 unspecified atom stereocenters. The van der Waals surface area contributed by atoms with Gasteiger partial charge in [-0.3, -0.25) is 0 Å². The van der Waals surface area contributed by atoms with Crippen molar-refractivity contribution in [1.29, 1.82) is 0 Å². The molecular formula is C12H17N3O3S. The monoisotopic (exact) mass is 283 g/mol. The third-order valence-corrected chi connectivity index (χ3v) is 3.08. The molecule has 0 aliphatic rings. The van der Waals surface area contributed by atoms with Gasteiger partial charge in [0.2, 0.25) is 0 Å². The summed E-state index contributed by atoms with van der Waals surface area (Å²) in [6, 6.07) is -0.243. The van der Waals surface area contributed by atoms with Gasteiger partial charge in [-0.15, -0.1) is 11.3 Å². The Kier molecular flexibility index (Phi) is 6.01. The summed E-state index contributed by atoms with van der Waals surface area (Å²) in [5, 5.41) is 16.3. The first-order valence-electron chi connectivity index (χ1n) is 5.82. The molecule has 6 nitrogen and oxygen atoms in total. The normalized spacial score (nSPS) is 9.79. The molecule has 1 rings (SSSR count). The van der Waals surface area contributed by atoms with Gasteiger partial charge in [-0.2, -0.15) is 0 Å². The van der Waals surface area contributed by atoms with E-state index in [0.717, 1.165) is 5.57 Å². The smallest absolute Gasteiger partial charge is 0.355 e. The van der Waals surface area contributed by atoms with Crippen LogP contribution < -0.4 is 10.6 Å². The van der Waals surface area contributed by atoms with Crippen molar-refractivity contribution in [2.24, 2.45) is 0 Å². The van der Waals surface area contributed by atoms with Gasteiger partial charge in [0.1, 0.15) is 0 Å². The van der Waals surface area contributed by atoms with Crippen molar-refractivity contribution in [3.63, 3.8) is 0 Å². The molecule has 1 aromatic rings. The van der Waals surface area contributed by atoms with E-state index in [4.69, 9.17) is 5.11 Å². The molecule has 0 radical (unpaired) electrons. The minimum Gasteiger partial charge on any atom is -0.476 e. The molecule has 1 aromatic heterocycles. The molecule has 2 amide bonds. The topological polar surface area (TPSA) is 91.3 Å². The number of carboxylic acid groups (broad SMARTS) is 1. The zero-order valence-electron chi connectivity index (χ0n) is 10.9. The highest BCUT2D eigenvalue weighted by atomic mass is 32.1. The van der Waals surface area contributed by atoms with Crippen LogP contribution in [-0.2, 0) is 6.42 Å². The lowest BCUT2D eigenvalue weighted by Crippen LogP contribution is -2.36. The summed E-state index contributed by atoms with van der Waals surface area (Å²) in [6.07, 6.45) is 2.44. The Morgan fingerprint density at radius 3 is 2.74 bits per heavy atom. The van der Waals surface area contributed by atoms with E-state index in [2.05, 4.69) is 15.6 Å². The van der Waals surface area contributed by atoms with Gasteiger partial charge >= 0.3 is 12.0 Å². The number of nitrogens with zero attached hydrogens (tertiary/aromatic N) is 1. The van der Waals surface area contributed by atoms with Crippen LogP contribution in [0.3, 0.4) is 0 Å². The van der Waals surface area contributed by atoms with Gasteiger partial charge in [0.05, 0.1) is 5.01 Å². The highest BCUT2D eigenvalue weighted by Crippen LogP contribution is 2.09. The van der Waals surface area contributed by atoms with Crippen molar-refractivity contribution in [2.45, 2.75) is 20.3 Å². The maximum Gasteiger partial charge on any atom is 0.355 e. The Balaban J connectivity index is 2.24. The van der Waals surface area contributed by atoms with Gasteiger partial charge in [-0.05, 0) is 13.8 Å². The van der Waals surface area contributed by atoms with E-state index in [1.807, 2.05) is 19.9 Å². The van der Waals surface area contributed by atoms with Crippen molar-refractivity contribution in [3.8, 4) is 0 Å². The maximum atomic E-state index is 11.4.